The Bertz CT molecular complexity index is 935. The molecule has 0 aliphatic heterocycles. The summed E-state index contributed by atoms with van der Waals surface area (Å²) in [6.45, 7) is 0. The fourth-order valence-corrected chi connectivity index (χ4v) is 3.07. The van der Waals surface area contributed by atoms with E-state index in [1.807, 2.05) is 4.72 Å². The fraction of sp³-hybridized carbons (Fsp3) is 0.0833. The zero-order valence-corrected chi connectivity index (χ0v) is 12.0. The largest absolute Gasteiger partial charge is 0.417 e. The maximum atomic E-state index is 12.9. The first-order valence-corrected chi connectivity index (χ1v) is 7.61. The molecule has 0 aliphatic rings. The predicted molar refractivity (Wildman–Crippen MR) is 73.0 cm³/mol. The van der Waals surface area contributed by atoms with Crippen molar-refractivity contribution in [2.45, 2.75) is 11.1 Å². The average Bonchev–Trinajstić information content (AvgIpc) is 2.87. The van der Waals surface area contributed by atoms with Crippen LogP contribution in [0.1, 0.15) is 5.56 Å². The molecule has 0 radical (unpaired) electrons. The third-order valence-corrected chi connectivity index (χ3v) is 4.24. The van der Waals surface area contributed by atoms with E-state index in [2.05, 4.69) is 15.1 Å². The van der Waals surface area contributed by atoms with Crippen molar-refractivity contribution in [1.82, 2.24) is 19.6 Å². The molecule has 0 bridgehead atoms. The first-order valence-electron chi connectivity index (χ1n) is 6.13. The number of rotatable bonds is 3. The molecule has 2 heterocycles. The van der Waals surface area contributed by atoms with Gasteiger partial charge in [-0.1, -0.05) is 12.1 Å². The zero-order valence-electron chi connectivity index (χ0n) is 11.2. The minimum Gasteiger partial charge on any atom is -0.246 e. The van der Waals surface area contributed by atoms with Gasteiger partial charge in [0.05, 0.1) is 10.5 Å². The van der Waals surface area contributed by atoms with E-state index in [0.717, 1.165) is 12.1 Å². The molecular formula is C12H8F3N5O2S. The number of alkyl halides is 3. The van der Waals surface area contributed by atoms with E-state index in [0.29, 0.717) is 11.7 Å². The van der Waals surface area contributed by atoms with Crippen LogP contribution in [0.5, 0.6) is 0 Å². The third kappa shape index (κ3) is 2.95. The van der Waals surface area contributed by atoms with Gasteiger partial charge in [0.1, 0.15) is 6.33 Å². The van der Waals surface area contributed by atoms with Gasteiger partial charge in [-0.25, -0.2) is 22.6 Å². The van der Waals surface area contributed by atoms with Crippen LogP contribution in [-0.2, 0) is 16.2 Å². The van der Waals surface area contributed by atoms with Crippen molar-refractivity contribution >= 4 is 21.6 Å². The monoisotopic (exact) mass is 343 g/mol. The number of nitrogens with one attached hydrogen (secondary N) is 1. The number of anilines is 1. The van der Waals surface area contributed by atoms with Gasteiger partial charge < -0.3 is 0 Å². The second-order valence-corrected chi connectivity index (χ2v) is 6.07. The number of nitrogens with zero attached hydrogens (tertiary/aromatic N) is 4. The highest BCUT2D eigenvalue weighted by molar-refractivity contribution is 7.92. The molecule has 0 fully saturated rings. The molecule has 23 heavy (non-hydrogen) atoms. The Hall–Kier alpha value is -2.69. The van der Waals surface area contributed by atoms with Crippen molar-refractivity contribution in [3.8, 4) is 0 Å². The molecule has 7 nitrogen and oxygen atoms in total. The minimum atomic E-state index is -4.80. The number of fused-ring (bicyclic) bond motifs is 1. The van der Waals surface area contributed by atoms with E-state index in [1.165, 1.54) is 29.2 Å². The summed E-state index contributed by atoms with van der Waals surface area (Å²) < 4.78 is 66.4. The summed E-state index contributed by atoms with van der Waals surface area (Å²) in [7, 11) is -4.50. The molecule has 120 valence electrons. The van der Waals surface area contributed by atoms with Crippen molar-refractivity contribution < 1.29 is 21.6 Å². The Morgan fingerprint density at radius 3 is 2.57 bits per heavy atom. The van der Waals surface area contributed by atoms with Gasteiger partial charge in [0.15, 0.2) is 5.65 Å². The molecule has 0 spiro atoms. The van der Waals surface area contributed by atoms with E-state index >= 15 is 0 Å². The Kier molecular flexibility index (Phi) is 3.43. The van der Waals surface area contributed by atoms with Crippen molar-refractivity contribution in [2.75, 3.05) is 4.72 Å². The van der Waals surface area contributed by atoms with Crippen LogP contribution in [0.2, 0.25) is 0 Å². The summed E-state index contributed by atoms with van der Waals surface area (Å²) >= 11 is 0. The van der Waals surface area contributed by atoms with Crippen molar-refractivity contribution in [3.05, 3.63) is 48.4 Å². The molecule has 1 N–H and O–H groups in total. The lowest BCUT2D eigenvalue weighted by Crippen LogP contribution is -2.19. The molecule has 3 rings (SSSR count). The average molecular weight is 343 g/mol. The summed E-state index contributed by atoms with van der Waals surface area (Å²) in [5.74, 6) is -0.352. The summed E-state index contributed by atoms with van der Waals surface area (Å²) in [6.07, 6.45) is -2.10. The Balaban J connectivity index is 2.03. The first-order chi connectivity index (χ1) is 10.8. The van der Waals surface area contributed by atoms with Crippen LogP contribution in [0.3, 0.4) is 0 Å². The van der Waals surface area contributed by atoms with Crippen LogP contribution in [-0.4, -0.2) is 28.0 Å². The molecule has 0 saturated heterocycles. The second-order valence-electron chi connectivity index (χ2n) is 4.42. The molecular weight excluding hydrogens is 335 g/mol. The van der Waals surface area contributed by atoms with E-state index in [9.17, 15) is 21.6 Å². The van der Waals surface area contributed by atoms with Gasteiger partial charge in [-0.15, -0.1) is 5.10 Å². The van der Waals surface area contributed by atoms with Crippen LogP contribution in [0, 0.1) is 0 Å². The summed E-state index contributed by atoms with van der Waals surface area (Å²) in [5.41, 5.74) is -0.972. The highest BCUT2D eigenvalue weighted by Crippen LogP contribution is 2.34. The smallest absolute Gasteiger partial charge is 0.246 e. The molecule has 0 atom stereocenters. The van der Waals surface area contributed by atoms with Crippen LogP contribution in [0.15, 0.2) is 47.8 Å². The molecule has 1 aromatic carbocycles. The molecule has 11 heteroatoms. The van der Waals surface area contributed by atoms with Gasteiger partial charge in [0.2, 0.25) is 0 Å². The van der Waals surface area contributed by atoms with E-state index in [-0.39, 0.29) is 5.95 Å². The summed E-state index contributed by atoms with van der Waals surface area (Å²) in [6, 6.07) is 5.33. The summed E-state index contributed by atoms with van der Waals surface area (Å²) in [4.78, 5) is 6.72. The molecule has 2 aromatic heterocycles. The second kappa shape index (κ2) is 5.19. The van der Waals surface area contributed by atoms with Crippen LogP contribution >= 0.6 is 0 Å². The maximum absolute atomic E-state index is 12.9. The molecule has 3 aromatic rings. The zero-order chi connectivity index (χ0) is 16.7. The number of benzene rings is 1. The SMILES string of the molecule is O=S(=O)(Nc1nc2ccncn2n1)c1ccccc1C(F)(F)F. The number of hydrogen-bond donors (Lipinski definition) is 1. The van der Waals surface area contributed by atoms with Crippen LogP contribution in [0.4, 0.5) is 19.1 Å². The van der Waals surface area contributed by atoms with Gasteiger partial charge >= 0.3 is 6.18 Å². The predicted octanol–water partition coefficient (Wildman–Crippen LogP) is 1.94. The van der Waals surface area contributed by atoms with Gasteiger partial charge in [-0.05, 0) is 12.1 Å². The van der Waals surface area contributed by atoms with E-state index in [4.69, 9.17) is 0 Å². The lowest BCUT2D eigenvalue weighted by atomic mass is 10.2. The molecule has 0 aliphatic carbocycles. The Labute approximate surface area is 127 Å². The van der Waals surface area contributed by atoms with Gasteiger partial charge in [0.25, 0.3) is 16.0 Å². The lowest BCUT2D eigenvalue weighted by molar-refractivity contribution is -0.139. The van der Waals surface area contributed by atoms with Crippen molar-refractivity contribution in [3.63, 3.8) is 0 Å². The Morgan fingerprint density at radius 2 is 1.87 bits per heavy atom. The van der Waals surface area contributed by atoms with Crippen LogP contribution in [0.25, 0.3) is 5.65 Å². The highest BCUT2D eigenvalue weighted by atomic mass is 32.2. The van der Waals surface area contributed by atoms with E-state index < -0.39 is 26.7 Å². The van der Waals surface area contributed by atoms with Crippen LogP contribution < -0.4 is 4.72 Å². The fourth-order valence-electron chi connectivity index (χ4n) is 1.90. The highest BCUT2D eigenvalue weighted by Gasteiger charge is 2.37. The maximum Gasteiger partial charge on any atom is 0.417 e. The lowest BCUT2D eigenvalue weighted by Gasteiger charge is -2.12. The quantitative estimate of drug-likeness (QED) is 0.785. The number of halogens is 3. The van der Waals surface area contributed by atoms with Gasteiger partial charge in [-0.3, -0.25) is 0 Å². The van der Waals surface area contributed by atoms with Crippen molar-refractivity contribution in [2.24, 2.45) is 0 Å². The normalized spacial score (nSPS) is 12.5. The standard InChI is InChI=1S/C12H8F3N5O2S/c13-12(14,15)8-3-1-2-4-9(8)23(21,22)19-11-17-10-5-6-16-7-20(10)18-11/h1-7H,(H,18,19). The van der Waals surface area contributed by atoms with Gasteiger partial charge in [0, 0.05) is 12.3 Å². The number of sulfonamides is 1. The Morgan fingerprint density at radius 1 is 1.13 bits per heavy atom. The minimum absolute atomic E-state index is 0.293. The van der Waals surface area contributed by atoms with E-state index in [1.54, 1.807) is 0 Å². The number of aromatic nitrogens is 4. The molecule has 0 unspecified atom stereocenters. The molecule has 0 amide bonds. The first kappa shape index (κ1) is 15.2. The number of hydrogen-bond acceptors (Lipinski definition) is 5. The summed E-state index contributed by atoms with van der Waals surface area (Å²) in [5, 5.41) is 3.79. The van der Waals surface area contributed by atoms with Gasteiger partial charge in [-0.2, -0.15) is 18.2 Å². The molecule has 0 saturated carbocycles. The topological polar surface area (TPSA) is 89.2 Å². The third-order valence-electron chi connectivity index (χ3n) is 2.85. The van der Waals surface area contributed by atoms with Crippen molar-refractivity contribution in [1.29, 1.82) is 0 Å².